The smallest absolute Gasteiger partial charge is 0.322 e. The lowest BCUT2D eigenvalue weighted by molar-refractivity contribution is -0.140. The normalized spacial score (nSPS) is 11.7. The van der Waals surface area contributed by atoms with Crippen LogP contribution in [0.5, 0.6) is 0 Å². The number of nitrogens with zero attached hydrogens (tertiary/aromatic N) is 1. The van der Waals surface area contributed by atoms with Gasteiger partial charge in [0.15, 0.2) is 5.75 Å². The first-order valence-corrected chi connectivity index (χ1v) is 6.82. The summed E-state index contributed by atoms with van der Waals surface area (Å²) in [6.45, 7) is 2.16. The summed E-state index contributed by atoms with van der Waals surface area (Å²) in [5, 5.41) is 0.533. The average Bonchev–Trinajstić information content (AvgIpc) is 2.03. The Kier molecular flexibility index (Phi) is 6.30. The van der Waals surface area contributed by atoms with E-state index >= 15 is 0 Å². The topological polar surface area (TPSA) is 63.7 Å². The maximum Gasteiger partial charge on any atom is 0.322 e. The van der Waals surface area contributed by atoms with Gasteiger partial charge in [-0.2, -0.15) is 0 Å². The van der Waals surface area contributed by atoms with Gasteiger partial charge in [0.05, 0.1) is 6.61 Å². The highest BCUT2D eigenvalue weighted by atomic mass is 79.9. The molecule has 14 heavy (non-hydrogen) atoms. The van der Waals surface area contributed by atoms with Gasteiger partial charge in [0.2, 0.25) is 10.0 Å². The van der Waals surface area contributed by atoms with Gasteiger partial charge in [-0.05, 0) is 6.92 Å². The summed E-state index contributed by atoms with van der Waals surface area (Å²) < 4.78 is 28.5. The van der Waals surface area contributed by atoms with Gasteiger partial charge in [0.1, 0.15) is 0 Å². The number of rotatable bonds is 6. The van der Waals surface area contributed by atoms with E-state index in [0.717, 1.165) is 4.31 Å². The van der Waals surface area contributed by atoms with Gasteiger partial charge in [-0.1, -0.05) is 15.9 Å². The molecule has 0 rings (SSSR count). The second-order valence-electron chi connectivity index (χ2n) is 2.57. The van der Waals surface area contributed by atoms with Gasteiger partial charge in [-0.25, -0.2) is 12.7 Å². The number of sulfonamides is 1. The molecule has 0 spiro atoms. The van der Waals surface area contributed by atoms with Crippen molar-refractivity contribution in [2.24, 2.45) is 0 Å². The quantitative estimate of drug-likeness (QED) is 0.517. The van der Waals surface area contributed by atoms with Crippen molar-refractivity contribution in [3.63, 3.8) is 0 Å². The molecule has 0 aliphatic carbocycles. The molecule has 0 aliphatic heterocycles. The highest BCUT2D eigenvalue weighted by Crippen LogP contribution is 2.00. The first kappa shape index (κ1) is 13.9. The van der Waals surface area contributed by atoms with Crippen LogP contribution in [-0.4, -0.2) is 50.0 Å². The zero-order valence-corrected chi connectivity index (χ0v) is 10.6. The van der Waals surface area contributed by atoms with Gasteiger partial charge >= 0.3 is 5.97 Å². The maximum atomic E-state index is 11.4. The van der Waals surface area contributed by atoms with Crippen LogP contribution < -0.4 is 0 Å². The van der Waals surface area contributed by atoms with E-state index in [2.05, 4.69) is 20.7 Å². The second-order valence-corrected chi connectivity index (χ2v) is 5.44. The Morgan fingerprint density at radius 2 is 2.07 bits per heavy atom. The molecule has 0 aliphatic rings. The minimum atomic E-state index is -3.52. The zero-order chi connectivity index (χ0) is 11.2. The Hall–Kier alpha value is -0.140. The minimum Gasteiger partial charge on any atom is -0.465 e. The van der Waals surface area contributed by atoms with Crippen molar-refractivity contribution >= 4 is 31.9 Å². The van der Waals surface area contributed by atoms with Crippen LogP contribution in [0.4, 0.5) is 0 Å². The molecule has 0 atom stereocenters. The summed E-state index contributed by atoms with van der Waals surface area (Å²) >= 11 is 3.12. The Morgan fingerprint density at radius 1 is 1.50 bits per heavy atom. The first-order valence-electron chi connectivity index (χ1n) is 4.09. The molecule has 0 fully saturated rings. The molecule has 0 amide bonds. The van der Waals surface area contributed by atoms with Gasteiger partial charge in [0.25, 0.3) is 0 Å². The molecule has 0 aromatic heterocycles. The zero-order valence-electron chi connectivity index (χ0n) is 8.19. The lowest BCUT2D eigenvalue weighted by Crippen LogP contribution is -2.34. The third-order valence-electron chi connectivity index (χ3n) is 1.48. The van der Waals surface area contributed by atoms with Crippen LogP contribution >= 0.6 is 15.9 Å². The lowest BCUT2D eigenvalue weighted by Gasteiger charge is -2.14. The Morgan fingerprint density at radius 3 is 2.50 bits per heavy atom. The molecule has 0 aromatic rings. The summed E-state index contributed by atoms with van der Waals surface area (Å²) in [6, 6.07) is 0. The second kappa shape index (κ2) is 6.36. The monoisotopic (exact) mass is 287 g/mol. The molecule has 7 heteroatoms. The summed E-state index contributed by atoms with van der Waals surface area (Å²) in [6.07, 6.45) is 0. The number of esters is 1. The molecule has 0 aromatic carbocycles. The molecule has 5 nitrogen and oxygen atoms in total. The van der Waals surface area contributed by atoms with Gasteiger partial charge in [-0.3, -0.25) is 4.79 Å². The number of halogens is 1. The van der Waals surface area contributed by atoms with E-state index in [0.29, 0.717) is 11.9 Å². The van der Waals surface area contributed by atoms with Crippen molar-refractivity contribution in [3.8, 4) is 0 Å². The van der Waals surface area contributed by atoms with E-state index < -0.39 is 21.7 Å². The highest BCUT2D eigenvalue weighted by molar-refractivity contribution is 9.09. The van der Waals surface area contributed by atoms with Gasteiger partial charge in [0, 0.05) is 18.9 Å². The van der Waals surface area contributed by atoms with Crippen LogP contribution in [0.1, 0.15) is 6.92 Å². The fourth-order valence-electron chi connectivity index (χ4n) is 0.720. The molecular weight excluding hydrogens is 274 g/mol. The summed E-state index contributed by atoms with van der Waals surface area (Å²) in [5.74, 6) is -1.31. The van der Waals surface area contributed by atoms with Crippen molar-refractivity contribution in [2.45, 2.75) is 6.92 Å². The van der Waals surface area contributed by atoms with Crippen LogP contribution in [0.3, 0.4) is 0 Å². The number of ether oxygens (including phenoxy) is 1. The third-order valence-corrected chi connectivity index (χ3v) is 3.57. The minimum absolute atomic E-state index is 0.191. The molecule has 0 heterocycles. The first-order chi connectivity index (χ1) is 6.44. The number of hydrogen-bond donors (Lipinski definition) is 0. The maximum absolute atomic E-state index is 11.4. The molecule has 0 bridgehead atoms. The van der Waals surface area contributed by atoms with Crippen molar-refractivity contribution in [1.82, 2.24) is 4.31 Å². The van der Waals surface area contributed by atoms with Crippen LogP contribution in [0.15, 0.2) is 0 Å². The number of alkyl halides is 1. The van der Waals surface area contributed by atoms with Crippen LogP contribution in [-0.2, 0) is 19.6 Å². The molecule has 0 N–H and O–H groups in total. The predicted molar refractivity (Wildman–Crippen MR) is 56.8 cm³/mol. The molecule has 0 saturated carbocycles. The molecule has 0 unspecified atom stereocenters. The largest absolute Gasteiger partial charge is 0.465 e. The highest BCUT2D eigenvalue weighted by Gasteiger charge is 2.21. The molecule has 0 radical (unpaired) electrons. The van der Waals surface area contributed by atoms with Gasteiger partial charge < -0.3 is 4.74 Å². The van der Waals surface area contributed by atoms with Crippen molar-refractivity contribution in [1.29, 1.82) is 0 Å². The number of carbonyl (C=O) groups excluding carboxylic acids is 1. The van der Waals surface area contributed by atoms with E-state index in [9.17, 15) is 13.2 Å². The fraction of sp³-hybridized carbons (Fsp3) is 0.857. The lowest BCUT2D eigenvalue weighted by atomic mass is 10.8. The van der Waals surface area contributed by atoms with E-state index in [-0.39, 0.29) is 6.61 Å². The van der Waals surface area contributed by atoms with Crippen molar-refractivity contribution in [3.05, 3.63) is 0 Å². The average molecular weight is 288 g/mol. The molecule has 0 saturated heterocycles. The number of hydrogen-bond acceptors (Lipinski definition) is 4. The van der Waals surface area contributed by atoms with Crippen molar-refractivity contribution in [2.75, 3.05) is 31.3 Å². The van der Waals surface area contributed by atoms with E-state index in [1.165, 1.54) is 7.05 Å². The summed E-state index contributed by atoms with van der Waals surface area (Å²) in [7, 11) is -2.09. The van der Waals surface area contributed by atoms with Crippen LogP contribution in [0.25, 0.3) is 0 Å². The van der Waals surface area contributed by atoms with Crippen molar-refractivity contribution < 1.29 is 17.9 Å². The fourth-order valence-corrected chi connectivity index (χ4v) is 2.46. The Bertz CT molecular complexity index is 277. The molecule has 84 valence electrons. The van der Waals surface area contributed by atoms with E-state index in [1.54, 1.807) is 6.92 Å². The van der Waals surface area contributed by atoms with E-state index in [4.69, 9.17) is 0 Å². The number of carbonyl (C=O) groups is 1. The van der Waals surface area contributed by atoms with Crippen LogP contribution in [0.2, 0.25) is 0 Å². The summed E-state index contributed by atoms with van der Waals surface area (Å²) in [5.41, 5.74) is 0. The predicted octanol–water partition coefficient (Wildman–Crippen LogP) is 0.206. The Labute approximate surface area is 92.6 Å². The van der Waals surface area contributed by atoms with Gasteiger partial charge in [-0.15, -0.1) is 0 Å². The Balaban J connectivity index is 4.27. The SMILES string of the molecule is CCOC(=O)CS(=O)(=O)N(C)CCBr. The summed E-state index contributed by atoms with van der Waals surface area (Å²) in [4.78, 5) is 10.9. The van der Waals surface area contributed by atoms with Crippen LogP contribution in [0, 0.1) is 0 Å². The van der Waals surface area contributed by atoms with E-state index in [1.807, 2.05) is 0 Å². The standard InChI is InChI=1S/C7H14BrNO4S/c1-3-13-7(10)6-14(11,12)9(2)5-4-8/h3-6H2,1-2H3. The third kappa shape index (κ3) is 4.92. The molecular formula is C7H14BrNO4S.